The standard InChI is InChI=1S/C17H30N4O6S2/c1-2-3-4-5-8-19-17(28)29-10-12(15(25)20-9-14(23)24)21-13(22)7-6-11(18)16(26)27/h11-12H,2-10,18H2,1H3,(H,19,28)(H,20,25)(H,21,22)(H,23,24)(H,26,27)/t11-,12+/m1/s1. The first-order chi connectivity index (χ1) is 13.7. The molecule has 12 heteroatoms. The molecule has 0 aliphatic rings. The van der Waals surface area contributed by atoms with Crippen molar-refractivity contribution in [2.45, 2.75) is 57.5 Å². The number of nitrogens with two attached hydrogens (primary N) is 1. The van der Waals surface area contributed by atoms with Gasteiger partial charge in [-0.2, -0.15) is 0 Å². The normalized spacial score (nSPS) is 12.5. The number of unbranched alkanes of at least 4 members (excludes halogenated alkanes) is 3. The van der Waals surface area contributed by atoms with E-state index in [0.717, 1.165) is 37.4 Å². The molecular formula is C17H30N4O6S2. The van der Waals surface area contributed by atoms with E-state index in [0.29, 0.717) is 10.9 Å². The quantitative estimate of drug-likeness (QED) is 0.148. The number of aliphatic carboxylic acids is 2. The molecule has 2 amide bonds. The number of thiocarbonyl (C=S) groups is 1. The van der Waals surface area contributed by atoms with E-state index in [-0.39, 0.29) is 18.6 Å². The highest BCUT2D eigenvalue weighted by molar-refractivity contribution is 8.23. The Morgan fingerprint density at radius 1 is 1.10 bits per heavy atom. The van der Waals surface area contributed by atoms with E-state index in [4.69, 9.17) is 28.2 Å². The molecule has 2 atom stereocenters. The summed E-state index contributed by atoms with van der Waals surface area (Å²) < 4.78 is 0.472. The lowest BCUT2D eigenvalue weighted by atomic mass is 10.1. The van der Waals surface area contributed by atoms with E-state index in [2.05, 4.69) is 22.9 Å². The Morgan fingerprint density at radius 2 is 1.79 bits per heavy atom. The average molecular weight is 451 g/mol. The Labute approximate surface area is 179 Å². The molecular weight excluding hydrogens is 420 g/mol. The fourth-order valence-corrected chi connectivity index (χ4v) is 3.16. The second-order valence-corrected chi connectivity index (χ2v) is 8.00. The SMILES string of the molecule is CCCCCCNC(=S)SC[C@H](NC(=O)CC[C@@H](N)C(=O)O)C(=O)NCC(=O)O. The van der Waals surface area contributed by atoms with Crippen molar-refractivity contribution in [1.82, 2.24) is 16.0 Å². The number of carboxylic acid groups (broad SMARTS) is 2. The minimum absolute atomic E-state index is 0.0878. The van der Waals surface area contributed by atoms with Gasteiger partial charge in [0.05, 0.1) is 0 Å². The van der Waals surface area contributed by atoms with Gasteiger partial charge in [0.2, 0.25) is 11.8 Å². The number of amides is 2. The molecule has 0 radical (unpaired) electrons. The molecule has 0 unspecified atom stereocenters. The highest BCUT2D eigenvalue weighted by atomic mass is 32.2. The molecule has 0 saturated carbocycles. The van der Waals surface area contributed by atoms with E-state index in [1.54, 1.807) is 0 Å². The van der Waals surface area contributed by atoms with Gasteiger partial charge in [0, 0.05) is 18.7 Å². The van der Waals surface area contributed by atoms with Crippen LogP contribution in [0.15, 0.2) is 0 Å². The second-order valence-electron chi connectivity index (χ2n) is 6.30. The van der Waals surface area contributed by atoms with Crippen molar-refractivity contribution < 1.29 is 29.4 Å². The zero-order chi connectivity index (χ0) is 22.2. The van der Waals surface area contributed by atoms with Crippen molar-refractivity contribution in [3.63, 3.8) is 0 Å². The van der Waals surface area contributed by atoms with Crippen molar-refractivity contribution in [1.29, 1.82) is 0 Å². The van der Waals surface area contributed by atoms with E-state index in [9.17, 15) is 19.2 Å². The maximum Gasteiger partial charge on any atom is 0.322 e. The number of thioether (sulfide) groups is 1. The molecule has 166 valence electrons. The van der Waals surface area contributed by atoms with Gasteiger partial charge in [-0.15, -0.1) is 0 Å². The highest BCUT2D eigenvalue weighted by Crippen LogP contribution is 2.07. The summed E-state index contributed by atoms with van der Waals surface area (Å²) in [6, 6.07) is -2.20. The van der Waals surface area contributed by atoms with E-state index in [1.807, 2.05) is 0 Å². The Kier molecular flexibility index (Phi) is 14.9. The van der Waals surface area contributed by atoms with Gasteiger partial charge in [-0.05, 0) is 12.8 Å². The summed E-state index contributed by atoms with van der Waals surface area (Å²) in [4.78, 5) is 45.6. The van der Waals surface area contributed by atoms with Crippen LogP contribution in [0.2, 0.25) is 0 Å². The van der Waals surface area contributed by atoms with Crippen molar-refractivity contribution in [3.8, 4) is 0 Å². The van der Waals surface area contributed by atoms with Crippen LogP contribution in [0.25, 0.3) is 0 Å². The summed E-state index contributed by atoms with van der Waals surface area (Å²) in [5, 5.41) is 25.2. The van der Waals surface area contributed by atoms with E-state index < -0.39 is 42.4 Å². The van der Waals surface area contributed by atoms with Crippen LogP contribution in [0.4, 0.5) is 0 Å². The third-order valence-corrected chi connectivity index (χ3v) is 5.15. The smallest absolute Gasteiger partial charge is 0.322 e. The van der Waals surface area contributed by atoms with Gasteiger partial charge in [-0.1, -0.05) is 50.2 Å². The molecule has 0 fully saturated rings. The van der Waals surface area contributed by atoms with Gasteiger partial charge in [-0.25, -0.2) is 0 Å². The van der Waals surface area contributed by atoms with Gasteiger partial charge in [0.1, 0.15) is 22.9 Å². The molecule has 0 bridgehead atoms. The van der Waals surface area contributed by atoms with Crippen molar-refractivity contribution >= 4 is 52.1 Å². The molecule has 10 nitrogen and oxygen atoms in total. The third kappa shape index (κ3) is 14.7. The van der Waals surface area contributed by atoms with Gasteiger partial charge in [-0.3, -0.25) is 19.2 Å². The fourth-order valence-electron chi connectivity index (χ4n) is 2.10. The number of nitrogens with one attached hydrogen (secondary N) is 3. The van der Waals surface area contributed by atoms with E-state index in [1.165, 1.54) is 0 Å². The lowest BCUT2D eigenvalue weighted by Crippen LogP contribution is -2.49. The molecule has 0 aliphatic carbocycles. The van der Waals surface area contributed by atoms with Gasteiger partial charge < -0.3 is 31.9 Å². The maximum atomic E-state index is 12.2. The molecule has 0 aromatic carbocycles. The monoisotopic (exact) mass is 450 g/mol. The summed E-state index contributed by atoms with van der Waals surface area (Å²) in [5.74, 6) is -3.56. The first-order valence-electron chi connectivity index (χ1n) is 9.35. The van der Waals surface area contributed by atoms with Gasteiger partial charge in [0.25, 0.3) is 0 Å². The lowest BCUT2D eigenvalue weighted by Gasteiger charge is -2.18. The molecule has 0 heterocycles. The zero-order valence-electron chi connectivity index (χ0n) is 16.4. The maximum absolute atomic E-state index is 12.2. The zero-order valence-corrected chi connectivity index (χ0v) is 18.1. The third-order valence-electron chi connectivity index (χ3n) is 3.75. The number of carbonyl (C=O) groups is 4. The molecule has 0 rings (SSSR count). The number of carbonyl (C=O) groups excluding carboxylic acids is 2. The van der Waals surface area contributed by atoms with Crippen LogP contribution in [0, 0.1) is 0 Å². The molecule has 0 saturated heterocycles. The van der Waals surface area contributed by atoms with Crippen LogP contribution in [-0.4, -0.2) is 69.2 Å². The fraction of sp³-hybridized carbons (Fsp3) is 0.706. The number of carboxylic acids is 2. The lowest BCUT2D eigenvalue weighted by molar-refractivity contribution is -0.139. The minimum atomic E-state index is -1.22. The van der Waals surface area contributed by atoms with Gasteiger partial charge in [0.15, 0.2) is 0 Å². The van der Waals surface area contributed by atoms with Crippen LogP contribution in [0.5, 0.6) is 0 Å². The summed E-state index contributed by atoms with van der Waals surface area (Å²) in [7, 11) is 0. The van der Waals surface area contributed by atoms with E-state index >= 15 is 0 Å². The molecule has 7 N–H and O–H groups in total. The van der Waals surface area contributed by atoms with Crippen LogP contribution in [0.1, 0.15) is 45.4 Å². The number of rotatable bonds is 15. The predicted molar refractivity (Wildman–Crippen MR) is 115 cm³/mol. The first-order valence-corrected chi connectivity index (χ1v) is 10.7. The second kappa shape index (κ2) is 15.9. The van der Waals surface area contributed by atoms with Crippen LogP contribution < -0.4 is 21.7 Å². The summed E-state index contributed by atoms with van der Waals surface area (Å²) >= 11 is 6.36. The number of hydrogen-bond donors (Lipinski definition) is 6. The van der Waals surface area contributed by atoms with Crippen LogP contribution in [0.3, 0.4) is 0 Å². The average Bonchev–Trinajstić information content (AvgIpc) is 2.66. The summed E-state index contributed by atoms with van der Waals surface area (Å²) in [5.41, 5.74) is 5.36. The van der Waals surface area contributed by atoms with Crippen molar-refractivity contribution in [3.05, 3.63) is 0 Å². The highest BCUT2D eigenvalue weighted by Gasteiger charge is 2.23. The van der Waals surface area contributed by atoms with Gasteiger partial charge >= 0.3 is 11.9 Å². The van der Waals surface area contributed by atoms with Crippen LogP contribution in [-0.2, 0) is 19.2 Å². The topological polar surface area (TPSA) is 171 Å². The van der Waals surface area contributed by atoms with Crippen molar-refractivity contribution in [2.75, 3.05) is 18.8 Å². The predicted octanol–water partition coefficient (Wildman–Crippen LogP) is 0.0521. The van der Waals surface area contributed by atoms with Crippen LogP contribution >= 0.6 is 24.0 Å². The largest absolute Gasteiger partial charge is 0.480 e. The minimum Gasteiger partial charge on any atom is -0.480 e. The Balaban J connectivity index is 4.58. The molecule has 0 aromatic rings. The first kappa shape index (κ1) is 27.1. The summed E-state index contributed by atoms with van der Waals surface area (Å²) in [6.45, 7) is 2.24. The molecule has 0 aliphatic heterocycles. The Hall–Kier alpha value is -1.92. The molecule has 29 heavy (non-hydrogen) atoms. The van der Waals surface area contributed by atoms with Crippen molar-refractivity contribution in [2.24, 2.45) is 5.73 Å². The summed E-state index contributed by atoms with van der Waals surface area (Å²) in [6.07, 6.45) is 4.06. The number of hydrogen-bond acceptors (Lipinski definition) is 7. The molecule has 0 aromatic heterocycles. The Bertz CT molecular complexity index is 576. The Morgan fingerprint density at radius 3 is 2.38 bits per heavy atom. The molecule has 0 spiro atoms.